The molecule has 0 amide bonds. The highest BCUT2D eigenvalue weighted by atomic mass is 32.1. The van der Waals surface area contributed by atoms with Crippen molar-refractivity contribution in [3.05, 3.63) is 40.6 Å². The molecular formula is C13H13N5S2. The number of nitrogens with one attached hydrogen (secondary N) is 1. The molecule has 7 heteroatoms. The number of aromatic nitrogens is 3. The van der Waals surface area contributed by atoms with Gasteiger partial charge < -0.3 is 11.1 Å². The summed E-state index contributed by atoms with van der Waals surface area (Å²) in [7, 11) is 0. The molecule has 102 valence electrons. The van der Waals surface area contributed by atoms with E-state index in [1.807, 2.05) is 24.6 Å². The molecule has 3 rings (SSSR count). The topological polar surface area (TPSA) is 76.7 Å². The molecule has 5 nitrogen and oxygen atoms in total. The second kappa shape index (κ2) is 5.56. The van der Waals surface area contributed by atoms with Crippen LogP contribution in [-0.4, -0.2) is 14.3 Å². The van der Waals surface area contributed by atoms with Crippen molar-refractivity contribution in [2.45, 2.75) is 13.5 Å². The van der Waals surface area contributed by atoms with E-state index in [1.165, 1.54) is 16.4 Å². The highest BCUT2D eigenvalue weighted by Gasteiger charge is 2.14. The van der Waals surface area contributed by atoms with Crippen LogP contribution in [0.1, 0.15) is 10.6 Å². The van der Waals surface area contributed by atoms with Crippen molar-refractivity contribution >= 4 is 33.7 Å². The minimum atomic E-state index is 0.534. The molecule has 0 aromatic carbocycles. The van der Waals surface area contributed by atoms with Gasteiger partial charge in [-0.15, -0.1) is 11.3 Å². The Balaban J connectivity index is 1.86. The lowest BCUT2D eigenvalue weighted by atomic mass is 10.1. The monoisotopic (exact) mass is 303 g/mol. The van der Waals surface area contributed by atoms with Crippen molar-refractivity contribution < 1.29 is 0 Å². The van der Waals surface area contributed by atoms with E-state index in [0.29, 0.717) is 5.82 Å². The smallest absolute Gasteiger partial charge is 0.147 e. The number of anilines is 2. The van der Waals surface area contributed by atoms with Gasteiger partial charge >= 0.3 is 0 Å². The molecule has 0 aliphatic rings. The van der Waals surface area contributed by atoms with E-state index in [4.69, 9.17) is 5.73 Å². The van der Waals surface area contributed by atoms with Crippen molar-refractivity contribution in [2.24, 2.45) is 0 Å². The third kappa shape index (κ3) is 2.50. The lowest BCUT2D eigenvalue weighted by Crippen LogP contribution is -1.99. The fourth-order valence-corrected chi connectivity index (χ4v) is 3.32. The predicted octanol–water partition coefficient (Wildman–Crippen LogP) is 3.16. The number of hydrogen-bond donors (Lipinski definition) is 2. The molecule has 3 N–H and O–H groups in total. The van der Waals surface area contributed by atoms with Gasteiger partial charge in [-0.3, -0.25) is 4.98 Å². The zero-order chi connectivity index (χ0) is 13.9. The van der Waals surface area contributed by atoms with E-state index >= 15 is 0 Å². The molecule has 0 aliphatic heterocycles. The Hall–Kier alpha value is -1.99. The summed E-state index contributed by atoms with van der Waals surface area (Å²) in [5.41, 5.74) is 10.8. The van der Waals surface area contributed by atoms with Gasteiger partial charge in [-0.2, -0.15) is 4.37 Å². The van der Waals surface area contributed by atoms with Gasteiger partial charge in [0.15, 0.2) is 0 Å². The predicted molar refractivity (Wildman–Crippen MR) is 83.9 cm³/mol. The second-order valence-electron chi connectivity index (χ2n) is 4.23. The fraction of sp³-hybridized carbons (Fsp3) is 0.154. The molecule has 3 aromatic rings. The van der Waals surface area contributed by atoms with Crippen LogP contribution >= 0.6 is 22.9 Å². The van der Waals surface area contributed by atoms with Gasteiger partial charge in [0, 0.05) is 22.8 Å². The average Bonchev–Trinajstić information content (AvgIpc) is 3.03. The Morgan fingerprint density at radius 1 is 1.40 bits per heavy atom. The number of rotatable bonds is 4. The summed E-state index contributed by atoms with van der Waals surface area (Å²) in [5, 5.41) is 4.36. The summed E-state index contributed by atoms with van der Waals surface area (Å²) in [5.74, 6) is 0.534. The van der Waals surface area contributed by atoms with E-state index in [1.54, 1.807) is 23.7 Å². The van der Waals surface area contributed by atoms with E-state index in [2.05, 4.69) is 19.7 Å². The van der Waals surface area contributed by atoms with Crippen LogP contribution in [-0.2, 0) is 6.54 Å². The number of nitrogen functional groups attached to an aromatic ring is 1. The maximum absolute atomic E-state index is 5.97. The SMILES string of the molecule is Cc1ncsc1CNc1snc(N)c1-c1cccnc1. The first-order chi connectivity index (χ1) is 9.75. The number of pyridine rings is 1. The summed E-state index contributed by atoms with van der Waals surface area (Å²) in [6.45, 7) is 2.74. The van der Waals surface area contributed by atoms with Crippen LogP contribution in [0.5, 0.6) is 0 Å². The van der Waals surface area contributed by atoms with Gasteiger partial charge in [-0.05, 0) is 24.5 Å². The van der Waals surface area contributed by atoms with Crippen molar-refractivity contribution in [1.29, 1.82) is 0 Å². The third-order valence-electron chi connectivity index (χ3n) is 2.92. The van der Waals surface area contributed by atoms with Gasteiger partial charge in [0.1, 0.15) is 10.8 Å². The molecule has 0 unspecified atom stereocenters. The van der Waals surface area contributed by atoms with E-state index in [-0.39, 0.29) is 0 Å². The van der Waals surface area contributed by atoms with Crippen molar-refractivity contribution in [2.75, 3.05) is 11.1 Å². The highest BCUT2D eigenvalue weighted by Crippen LogP contribution is 2.36. The van der Waals surface area contributed by atoms with Gasteiger partial charge in [0.25, 0.3) is 0 Å². The molecule has 0 saturated carbocycles. The maximum atomic E-state index is 5.97. The van der Waals surface area contributed by atoms with Gasteiger partial charge in [0.05, 0.1) is 23.3 Å². The first kappa shape index (κ1) is 13.0. The molecular weight excluding hydrogens is 290 g/mol. The Morgan fingerprint density at radius 2 is 2.30 bits per heavy atom. The highest BCUT2D eigenvalue weighted by molar-refractivity contribution is 7.11. The molecule has 0 aliphatic carbocycles. The molecule has 0 saturated heterocycles. The fourth-order valence-electron chi connectivity index (χ4n) is 1.87. The lowest BCUT2D eigenvalue weighted by Gasteiger charge is -2.06. The Morgan fingerprint density at radius 3 is 3.00 bits per heavy atom. The summed E-state index contributed by atoms with van der Waals surface area (Å²) in [6.07, 6.45) is 3.54. The summed E-state index contributed by atoms with van der Waals surface area (Å²) >= 11 is 3.01. The van der Waals surface area contributed by atoms with Crippen LogP contribution in [0.4, 0.5) is 10.8 Å². The second-order valence-corrected chi connectivity index (χ2v) is 5.94. The lowest BCUT2D eigenvalue weighted by molar-refractivity contribution is 1.13. The summed E-state index contributed by atoms with van der Waals surface area (Å²) < 4.78 is 4.23. The average molecular weight is 303 g/mol. The Kier molecular flexibility index (Phi) is 3.62. The van der Waals surface area contributed by atoms with Gasteiger partial charge in [-0.1, -0.05) is 6.07 Å². The zero-order valence-electron chi connectivity index (χ0n) is 10.8. The number of hydrogen-bond acceptors (Lipinski definition) is 7. The summed E-state index contributed by atoms with van der Waals surface area (Å²) in [6, 6.07) is 3.87. The van der Waals surface area contributed by atoms with Crippen LogP contribution in [0.3, 0.4) is 0 Å². The molecule has 0 radical (unpaired) electrons. The molecule has 3 aromatic heterocycles. The molecule has 0 bridgehead atoms. The van der Waals surface area contributed by atoms with Crippen LogP contribution in [0.2, 0.25) is 0 Å². The number of aryl methyl sites for hydroxylation is 1. The molecule has 0 fully saturated rings. The molecule has 3 heterocycles. The summed E-state index contributed by atoms with van der Waals surface area (Å²) in [4.78, 5) is 9.60. The van der Waals surface area contributed by atoms with E-state index in [9.17, 15) is 0 Å². The Labute approximate surface area is 124 Å². The van der Waals surface area contributed by atoms with Crippen LogP contribution in [0.25, 0.3) is 11.1 Å². The first-order valence-electron chi connectivity index (χ1n) is 6.04. The zero-order valence-corrected chi connectivity index (χ0v) is 12.5. The number of thiazole rings is 1. The van der Waals surface area contributed by atoms with Crippen molar-refractivity contribution in [3.63, 3.8) is 0 Å². The third-order valence-corrected chi connectivity index (χ3v) is 4.68. The van der Waals surface area contributed by atoms with Crippen LogP contribution < -0.4 is 11.1 Å². The number of nitrogens with zero attached hydrogens (tertiary/aromatic N) is 3. The van der Waals surface area contributed by atoms with Crippen LogP contribution in [0.15, 0.2) is 30.0 Å². The normalized spacial score (nSPS) is 10.7. The van der Waals surface area contributed by atoms with E-state index < -0.39 is 0 Å². The first-order valence-corrected chi connectivity index (χ1v) is 7.69. The van der Waals surface area contributed by atoms with Gasteiger partial charge in [0.2, 0.25) is 0 Å². The Bertz CT molecular complexity index is 705. The van der Waals surface area contributed by atoms with Gasteiger partial charge in [-0.25, -0.2) is 4.98 Å². The molecule has 0 spiro atoms. The molecule has 0 atom stereocenters. The van der Waals surface area contributed by atoms with Crippen molar-refractivity contribution in [1.82, 2.24) is 14.3 Å². The molecule has 20 heavy (non-hydrogen) atoms. The largest absolute Gasteiger partial charge is 0.382 e. The van der Waals surface area contributed by atoms with E-state index in [0.717, 1.165) is 28.4 Å². The minimum absolute atomic E-state index is 0.534. The maximum Gasteiger partial charge on any atom is 0.147 e. The number of nitrogens with two attached hydrogens (primary N) is 1. The standard InChI is InChI=1S/C13H13N5S2/c1-8-10(19-7-17-8)6-16-13-11(12(14)18-20-13)9-3-2-4-15-5-9/h2-5,7,16H,6H2,1H3,(H2,14,18). The van der Waals surface area contributed by atoms with Crippen molar-refractivity contribution in [3.8, 4) is 11.1 Å². The quantitative estimate of drug-likeness (QED) is 0.774. The minimum Gasteiger partial charge on any atom is -0.382 e. The van der Waals surface area contributed by atoms with Crippen LogP contribution in [0, 0.1) is 6.92 Å².